The minimum atomic E-state index is 0.320. The van der Waals surface area contributed by atoms with Crippen LogP contribution in [0.15, 0.2) is 0 Å². The molecule has 0 bridgehead atoms. The van der Waals surface area contributed by atoms with Crippen molar-refractivity contribution in [1.82, 2.24) is 5.32 Å². The van der Waals surface area contributed by atoms with Crippen LogP contribution in [0.5, 0.6) is 0 Å². The molecule has 0 radical (unpaired) electrons. The third-order valence-electron chi connectivity index (χ3n) is 4.36. The van der Waals surface area contributed by atoms with Gasteiger partial charge >= 0.3 is 0 Å². The largest absolute Gasteiger partial charge is 0.380 e. The standard InChI is InChI=1S/C13H27NO/c1-9-6-7-12(8-10(9)2)13(14-4)11(3)15-5/h9-14H,6-8H2,1-5H3. The van der Waals surface area contributed by atoms with Crippen LogP contribution in [0.4, 0.5) is 0 Å². The van der Waals surface area contributed by atoms with Crippen molar-refractivity contribution < 1.29 is 4.74 Å². The Labute approximate surface area is 94.8 Å². The minimum Gasteiger partial charge on any atom is -0.380 e. The molecule has 0 saturated heterocycles. The van der Waals surface area contributed by atoms with Gasteiger partial charge in [0, 0.05) is 13.2 Å². The summed E-state index contributed by atoms with van der Waals surface area (Å²) in [6.07, 6.45) is 4.39. The van der Waals surface area contributed by atoms with Crippen LogP contribution in [0, 0.1) is 17.8 Å². The van der Waals surface area contributed by atoms with Crippen molar-refractivity contribution in [2.45, 2.75) is 52.2 Å². The summed E-state index contributed by atoms with van der Waals surface area (Å²) in [5, 5.41) is 3.43. The summed E-state index contributed by atoms with van der Waals surface area (Å²) in [5.41, 5.74) is 0. The second kappa shape index (κ2) is 5.86. The molecule has 0 aliphatic heterocycles. The van der Waals surface area contributed by atoms with Gasteiger partial charge in [0.2, 0.25) is 0 Å². The molecule has 5 atom stereocenters. The number of likely N-dealkylation sites (N-methyl/N-ethyl adjacent to an activating group) is 1. The highest BCUT2D eigenvalue weighted by molar-refractivity contribution is 4.86. The lowest BCUT2D eigenvalue weighted by Crippen LogP contribution is -2.45. The monoisotopic (exact) mass is 213 g/mol. The fourth-order valence-electron chi connectivity index (χ4n) is 2.92. The molecule has 15 heavy (non-hydrogen) atoms. The first-order chi connectivity index (χ1) is 7.10. The van der Waals surface area contributed by atoms with Crippen molar-refractivity contribution in [2.75, 3.05) is 14.2 Å². The van der Waals surface area contributed by atoms with Crippen molar-refractivity contribution in [1.29, 1.82) is 0 Å². The van der Waals surface area contributed by atoms with Crippen LogP contribution in [0.1, 0.15) is 40.0 Å². The molecule has 2 heteroatoms. The average Bonchev–Trinajstić information content (AvgIpc) is 2.24. The van der Waals surface area contributed by atoms with Crippen LogP contribution in [-0.4, -0.2) is 26.3 Å². The predicted octanol–water partition coefficient (Wildman–Crippen LogP) is 2.68. The van der Waals surface area contributed by atoms with Crippen molar-refractivity contribution in [3.63, 3.8) is 0 Å². The van der Waals surface area contributed by atoms with Gasteiger partial charge in [0.1, 0.15) is 0 Å². The SMILES string of the molecule is CNC(C1CCC(C)C(C)C1)C(C)OC. The topological polar surface area (TPSA) is 21.3 Å². The Bertz CT molecular complexity index is 183. The third-order valence-corrected chi connectivity index (χ3v) is 4.36. The highest BCUT2D eigenvalue weighted by Gasteiger charge is 2.32. The molecule has 1 saturated carbocycles. The fraction of sp³-hybridized carbons (Fsp3) is 1.00. The van der Waals surface area contributed by atoms with E-state index in [0.717, 1.165) is 17.8 Å². The highest BCUT2D eigenvalue weighted by atomic mass is 16.5. The number of rotatable bonds is 4. The van der Waals surface area contributed by atoms with Crippen molar-refractivity contribution in [3.8, 4) is 0 Å². The molecule has 1 aliphatic rings. The number of hydrogen-bond acceptors (Lipinski definition) is 2. The summed E-state index contributed by atoms with van der Waals surface area (Å²) in [5.74, 6) is 2.55. The molecule has 0 amide bonds. The van der Waals surface area contributed by atoms with E-state index in [0.29, 0.717) is 12.1 Å². The Morgan fingerprint density at radius 1 is 1.20 bits per heavy atom. The molecule has 0 aromatic heterocycles. The second-order valence-electron chi connectivity index (χ2n) is 5.28. The number of ether oxygens (including phenoxy) is 1. The first-order valence-corrected chi connectivity index (χ1v) is 6.30. The van der Waals surface area contributed by atoms with E-state index in [-0.39, 0.29) is 0 Å². The van der Waals surface area contributed by atoms with Gasteiger partial charge in [0.25, 0.3) is 0 Å². The van der Waals surface area contributed by atoms with E-state index in [1.807, 2.05) is 7.11 Å². The molecular formula is C13H27NO. The quantitative estimate of drug-likeness (QED) is 0.775. The molecule has 0 heterocycles. The van der Waals surface area contributed by atoms with Gasteiger partial charge in [0.05, 0.1) is 6.10 Å². The smallest absolute Gasteiger partial charge is 0.0698 e. The molecule has 0 spiro atoms. The molecule has 2 nitrogen and oxygen atoms in total. The molecule has 1 fully saturated rings. The van der Waals surface area contributed by atoms with Gasteiger partial charge in [-0.25, -0.2) is 0 Å². The van der Waals surface area contributed by atoms with Gasteiger partial charge in [-0.3, -0.25) is 0 Å². The fourth-order valence-corrected chi connectivity index (χ4v) is 2.92. The van der Waals surface area contributed by atoms with E-state index in [1.165, 1.54) is 19.3 Å². The molecule has 5 unspecified atom stereocenters. The van der Waals surface area contributed by atoms with E-state index in [9.17, 15) is 0 Å². The summed E-state index contributed by atoms with van der Waals surface area (Å²) < 4.78 is 5.46. The Kier molecular flexibility index (Phi) is 5.07. The number of methoxy groups -OCH3 is 1. The van der Waals surface area contributed by atoms with E-state index < -0.39 is 0 Å². The lowest BCUT2D eigenvalue weighted by Gasteiger charge is -2.38. The Morgan fingerprint density at radius 2 is 1.87 bits per heavy atom. The van der Waals surface area contributed by atoms with Gasteiger partial charge < -0.3 is 10.1 Å². The molecule has 0 aromatic rings. The lowest BCUT2D eigenvalue weighted by molar-refractivity contribution is 0.0434. The zero-order valence-electron chi connectivity index (χ0n) is 10.9. The average molecular weight is 213 g/mol. The molecule has 1 rings (SSSR count). The molecule has 1 aliphatic carbocycles. The highest BCUT2D eigenvalue weighted by Crippen LogP contribution is 2.35. The molecule has 0 aromatic carbocycles. The van der Waals surface area contributed by atoms with E-state index in [1.54, 1.807) is 0 Å². The second-order valence-corrected chi connectivity index (χ2v) is 5.28. The normalized spacial score (nSPS) is 36.2. The van der Waals surface area contributed by atoms with Crippen LogP contribution in [-0.2, 0) is 4.74 Å². The van der Waals surface area contributed by atoms with Gasteiger partial charge in [-0.1, -0.05) is 20.3 Å². The first-order valence-electron chi connectivity index (χ1n) is 6.30. The van der Waals surface area contributed by atoms with Crippen LogP contribution < -0.4 is 5.32 Å². The van der Waals surface area contributed by atoms with Crippen LogP contribution in [0.2, 0.25) is 0 Å². The Balaban J connectivity index is 2.54. The maximum absolute atomic E-state index is 5.46. The van der Waals surface area contributed by atoms with Crippen molar-refractivity contribution in [2.24, 2.45) is 17.8 Å². The molecular weight excluding hydrogens is 186 g/mol. The minimum absolute atomic E-state index is 0.320. The van der Waals surface area contributed by atoms with E-state index in [2.05, 4.69) is 33.1 Å². The Morgan fingerprint density at radius 3 is 2.33 bits per heavy atom. The summed E-state index contributed by atoms with van der Waals surface area (Å²) in [4.78, 5) is 0. The summed E-state index contributed by atoms with van der Waals surface area (Å²) >= 11 is 0. The first kappa shape index (κ1) is 13.0. The van der Waals surface area contributed by atoms with Crippen LogP contribution >= 0.6 is 0 Å². The Hall–Kier alpha value is -0.0800. The van der Waals surface area contributed by atoms with E-state index in [4.69, 9.17) is 4.74 Å². The lowest BCUT2D eigenvalue weighted by atomic mass is 9.72. The molecule has 1 N–H and O–H groups in total. The van der Waals surface area contributed by atoms with Gasteiger partial charge in [-0.05, 0) is 44.6 Å². The van der Waals surface area contributed by atoms with Gasteiger partial charge in [0.15, 0.2) is 0 Å². The maximum Gasteiger partial charge on any atom is 0.0698 e. The van der Waals surface area contributed by atoms with Gasteiger partial charge in [-0.2, -0.15) is 0 Å². The summed E-state index contributed by atoms with van der Waals surface area (Å²) in [7, 11) is 3.87. The number of hydrogen-bond donors (Lipinski definition) is 1. The summed E-state index contributed by atoms with van der Waals surface area (Å²) in [6.45, 7) is 6.94. The number of nitrogens with one attached hydrogen (secondary N) is 1. The third kappa shape index (κ3) is 3.18. The van der Waals surface area contributed by atoms with Crippen molar-refractivity contribution >= 4 is 0 Å². The summed E-state index contributed by atoms with van der Waals surface area (Å²) in [6, 6.07) is 0.518. The zero-order valence-corrected chi connectivity index (χ0v) is 10.9. The predicted molar refractivity (Wildman–Crippen MR) is 65.0 cm³/mol. The van der Waals surface area contributed by atoms with Crippen LogP contribution in [0.3, 0.4) is 0 Å². The maximum atomic E-state index is 5.46. The van der Waals surface area contributed by atoms with Crippen molar-refractivity contribution in [3.05, 3.63) is 0 Å². The van der Waals surface area contributed by atoms with Crippen LogP contribution in [0.25, 0.3) is 0 Å². The van der Waals surface area contributed by atoms with Gasteiger partial charge in [-0.15, -0.1) is 0 Å². The van der Waals surface area contributed by atoms with E-state index >= 15 is 0 Å². The zero-order chi connectivity index (χ0) is 11.4. The molecule has 90 valence electrons.